The van der Waals surface area contributed by atoms with Gasteiger partial charge in [-0.2, -0.15) is 0 Å². The van der Waals surface area contributed by atoms with Gasteiger partial charge in [-0.05, 0) is 30.7 Å². The molecule has 0 amide bonds. The number of nitrogens with zero attached hydrogens (tertiary/aromatic N) is 4. The first-order valence-electron chi connectivity index (χ1n) is 9.08. The monoisotopic (exact) mass is 428 g/mol. The summed E-state index contributed by atoms with van der Waals surface area (Å²) in [6.45, 7) is 6.48. The van der Waals surface area contributed by atoms with Gasteiger partial charge in [-0.1, -0.05) is 53.7 Å². The maximum absolute atomic E-state index is 12.4. The van der Waals surface area contributed by atoms with Crippen LogP contribution in [0, 0.1) is 6.92 Å². The minimum Gasteiger partial charge on any atom is -0.298 e. The number of aromatic nitrogens is 3. The lowest BCUT2D eigenvalue weighted by molar-refractivity contribution is 0.520. The predicted molar refractivity (Wildman–Crippen MR) is 117 cm³/mol. The van der Waals surface area contributed by atoms with Gasteiger partial charge in [0.2, 0.25) is 10.0 Å². The Morgan fingerprint density at radius 2 is 1.90 bits per heavy atom. The number of allylic oxidation sites excluding steroid dienone is 1. The molecule has 0 atom stereocenters. The van der Waals surface area contributed by atoms with Crippen LogP contribution < -0.4 is 0 Å². The number of benzene rings is 2. The Labute approximate surface area is 176 Å². The Morgan fingerprint density at radius 1 is 1.14 bits per heavy atom. The third-order valence-electron chi connectivity index (χ3n) is 4.35. The molecule has 2 aromatic carbocycles. The largest absolute Gasteiger partial charge is 0.298 e. The quantitative estimate of drug-likeness (QED) is 0.401. The Bertz CT molecular complexity index is 1120. The van der Waals surface area contributed by atoms with E-state index < -0.39 is 10.0 Å². The fraction of sp³-hybridized carbons (Fsp3) is 0.238. The van der Waals surface area contributed by atoms with E-state index in [1.807, 2.05) is 41.8 Å². The molecule has 8 heteroatoms. The molecule has 1 heterocycles. The number of thioether (sulfide) groups is 1. The molecule has 0 aliphatic carbocycles. The molecule has 0 N–H and O–H groups in total. The van der Waals surface area contributed by atoms with Gasteiger partial charge in [-0.25, -0.2) is 12.7 Å². The SMILES string of the molecule is C=CCn1c(SCc2cccc(S(=O)(=O)N(C)C)c2)nnc1-c1cccc(C)c1. The van der Waals surface area contributed by atoms with Crippen molar-refractivity contribution >= 4 is 21.8 Å². The lowest BCUT2D eigenvalue weighted by Gasteiger charge is -2.12. The second-order valence-corrected chi connectivity index (χ2v) is 9.89. The summed E-state index contributed by atoms with van der Waals surface area (Å²) in [5.74, 6) is 1.37. The zero-order chi connectivity index (χ0) is 21.0. The summed E-state index contributed by atoms with van der Waals surface area (Å²) in [5, 5.41) is 9.50. The van der Waals surface area contributed by atoms with Gasteiger partial charge in [-0.3, -0.25) is 4.57 Å². The zero-order valence-corrected chi connectivity index (χ0v) is 18.4. The third-order valence-corrected chi connectivity index (χ3v) is 7.20. The summed E-state index contributed by atoms with van der Waals surface area (Å²) in [4.78, 5) is 0.286. The van der Waals surface area contributed by atoms with E-state index in [1.54, 1.807) is 18.2 Å². The molecule has 1 aromatic heterocycles. The summed E-state index contributed by atoms with van der Waals surface area (Å²) in [6.07, 6.45) is 1.82. The van der Waals surface area contributed by atoms with Crippen molar-refractivity contribution in [3.8, 4) is 11.4 Å². The molecular weight excluding hydrogens is 404 g/mol. The number of hydrogen-bond acceptors (Lipinski definition) is 5. The fourth-order valence-electron chi connectivity index (χ4n) is 2.84. The van der Waals surface area contributed by atoms with Crippen molar-refractivity contribution in [2.24, 2.45) is 0 Å². The Morgan fingerprint density at radius 3 is 2.59 bits per heavy atom. The first-order valence-corrected chi connectivity index (χ1v) is 11.5. The number of aryl methyl sites for hydroxylation is 1. The molecule has 0 aliphatic rings. The standard InChI is InChI=1S/C21H24N4O2S2/c1-5-12-25-20(18-10-6-8-16(2)13-18)22-23-21(25)28-15-17-9-7-11-19(14-17)29(26,27)24(3)4/h5-11,13-14H,1,12,15H2,2-4H3. The van der Waals surface area contributed by atoms with Crippen LogP contribution in [0.15, 0.2) is 71.2 Å². The van der Waals surface area contributed by atoms with Crippen molar-refractivity contribution in [2.75, 3.05) is 14.1 Å². The summed E-state index contributed by atoms with van der Waals surface area (Å²) in [6, 6.07) is 15.1. The third kappa shape index (κ3) is 4.77. The van der Waals surface area contributed by atoms with Crippen LogP contribution in [0.1, 0.15) is 11.1 Å². The molecule has 29 heavy (non-hydrogen) atoms. The van der Waals surface area contributed by atoms with E-state index in [0.717, 1.165) is 27.7 Å². The molecular formula is C21H24N4O2S2. The first-order chi connectivity index (χ1) is 13.8. The lowest BCUT2D eigenvalue weighted by atomic mass is 10.1. The highest BCUT2D eigenvalue weighted by Crippen LogP contribution is 2.27. The number of rotatable bonds is 8. The van der Waals surface area contributed by atoms with Crippen LogP contribution in [-0.4, -0.2) is 41.6 Å². The van der Waals surface area contributed by atoms with Crippen LogP contribution in [0.4, 0.5) is 0 Å². The Hall–Kier alpha value is -2.42. The number of sulfonamides is 1. The number of hydrogen-bond donors (Lipinski definition) is 0. The topological polar surface area (TPSA) is 68.1 Å². The summed E-state index contributed by atoms with van der Waals surface area (Å²) in [5.41, 5.74) is 3.07. The summed E-state index contributed by atoms with van der Waals surface area (Å²) in [7, 11) is -0.399. The fourth-order valence-corrected chi connectivity index (χ4v) is 4.70. The van der Waals surface area contributed by atoms with Crippen molar-refractivity contribution in [2.45, 2.75) is 29.3 Å². The van der Waals surface area contributed by atoms with Crippen LogP contribution in [0.5, 0.6) is 0 Å². The highest BCUT2D eigenvalue weighted by Gasteiger charge is 2.18. The minimum absolute atomic E-state index is 0.286. The van der Waals surface area contributed by atoms with Crippen LogP contribution in [0.2, 0.25) is 0 Å². The Balaban J connectivity index is 1.86. The Kier molecular flexibility index (Phi) is 6.56. The van der Waals surface area contributed by atoms with Crippen LogP contribution in [0.3, 0.4) is 0 Å². The molecule has 0 fully saturated rings. The molecule has 152 valence electrons. The van der Waals surface area contributed by atoms with Crippen molar-refractivity contribution in [1.29, 1.82) is 0 Å². The molecule has 0 aliphatic heterocycles. The van der Waals surface area contributed by atoms with Crippen LogP contribution >= 0.6 is 11.8 Å². The van der Waals surface area contributed by atoms with Gasteiger partial charge in [0.05, 0.1) is 4.90 Å². The van der Waals surface area contributed by atoms with Gasteiger partial charge in [-0.15, -0.1) is 16.8 Å². The van der Waals surface area contributed by atoms with E-state index in [-0.39, 0.29) is 4.90 Å². The van der Waals surface area contributed by atoms with Gasteiger partial charge >= 0.3 is 0 Å². The molecule has 6 nitrogen and oxygen atoms in total. The molecule has 0 bridgehead atoms. The summed E-state index contributed by atoms with van der Waals surface area (Å²) >= 11 is 1.52. The van der Waals surface area contributed by atoms with Crippen molar-refractivity contribution in [3.63, 3.8) is 0 Å². The molecule has 0 saturated carbocycles. The molecule has 0 unspecified atom stereocenters. The van der Waals surface area contributed by atoms with Crippen LogP contribution in [-0.2, 0) is 22.3 Å². The van der Waals surface area contributed by atoms with E-state index >= 15 is 0 Å². The maximum atomic E-state index is 12.4. The van der Waals surface area contributed by atoms with E-state index in [4.69, 9.17) is 0 Å². The summed E-state index contributed by atoms with van der Waals surface area (Å²) < 4.78 is 28.0. The van der Waals surface area contributed by atoms with E-state index in [2.05, 4.69) is 22.8 Å². The molecule has 0 radical (unpaired) electrons. The zero-order valence-electron chi connectivity index (χ0n) is 16.7. The molecule has 0 spiro atoms. The van der Waals surface area contributed by atoms with Crippen molar-refractivity contribution < 1.29 is 8.42 Å². The first kappa shape index (κ1) is 21.3. The average Bonchev–Trinajstić information content (AvgIpc) is 3.09. The average molecular weight is 429 g/mol. The van der Waals surface area contributed by atoms with E-state index in [9.17, 15) is 8.42 Å². The smallest absolute Gasteiger partial charge is 0.242 e. The molecule has 3 aromatic rings. The van der Waals surface area contributed by atoms with Gasteiger partial charge in [0.25, 0.3) is 0 Å². The molecule has 0 saturated heterocycles. The second-order valence-electron chi connectivity index (χ2n) is 6.80. The molecule has 3 rings (SSSR count). The maximum Gasteiger partial charge on any atom is 0.242 e. The second kappa shape index (κ2) is 8.94. The van der Waals surface area contributed by atoms with Gasteiger partial charge in [0.1, 0.15) is 0 Å². The van der Waals surface area contributed by atoms with Crippen molar-refractivity contribution in [1.82, 2.24) is 19.1 Å². The minimum atomic E-state index is -3.46. The van der Waals surface area contributed by atoms with Crippen LogP contribution in [0.25, 0.3) is 11.4 Å². The van der Waals surface area contributed by atoms with Crippen molar-refractivity contribution in [3.05, 3.63) is 72.3 Å². The van der Waals surface area contributed by atoms with E-state index in [0.29, 0.717) is 12.3 Å². The van der Waals surface area contributed by atoms with Gasteiger partial charge in [0.15, 0.2) is 11.0 Å². The highest BCUT2D eigenvalue weighted by molar-refractivity contribution is 7.98. The van der Waals surface area contributed by atoms with Gasteiger partial charge in [0, 0.05) is 32.0 Å². The van der Waals surface area contributed by atoms with E-state index in [1.165, 1.54) is 30.2 Å². The van der Waals surface area contributed by atoms with Gasteiger partial charge < -0.3 is 0 Å². The lowest BCUT2D eigenvalue weighted by Crippen LogP contribution is -2.22. The normalized spacial score (nSPS) is 11.7. The predicted octanol–water partition coefficient (Wildman–Crippen LogP) is 3.98. The highest BCUT2D eigenvalue weighted by atomic mass is 32.2.